The predicted molar refractivity (Wildman–Crippen MR) is 70.1 cm³/mol. The van der Waals surface area contributed by atoms with Crippen LogP contribution < -0.4 is 0 Å². The number of amides is 1. The van der Waals surface area contributed by atoms with Crippen LogP contribution in [0.1, 0.15) is 22.5 Å². The van der Waals surface area contributed by atoms with E-state index in [1.165, 1.54) is 18.0 Å². The third-order valence-electron chi connectivity index (χ3n) is 3.12. The number of aryl methyl sites for hydroxylation is 1. The lowest BCUT2D eigenvalue weighted by Gasteiger charge is -2.14. The van der Waals surface area contributed by atoms with Crippen molar-refractivity contribution in [3.8, 4) is 0 Å². The number of rotatable bonds is 4. The van der Waals surface area contributed by atoms with Crippen molar-refractivity contribution in [2.24, 2.45) is 0 Å². The van der Waals surface area contributed by atoms with Crippen LogP contribution in [0.15, 0.2) is 22.6 Å². The summed E-state index contributed by atoms with van der Waals surface area (Å²) >= 11 is 0. The number of halogens is 1. The van der Waals surface area contributed by atoms with Gasteiger partial charge in [-0.15, -0.1) is 0 Å². The zero-order valence-electron chi connectivity index (χ0n) is 11.1. The first-order valence-electron chi connectivity index (χ1n) is 6.06. The lowest BCUT2D eigenvalue weighted by molar-refractivity contribution is -0.137. The van der Waals surface area contributed by atoms with Gasteiger partial charge in [-0.3, -0.25) is 9.59 Å². The Morgan fingerprint density at radius 1 is 1.40 bits per heavy atom. The first-order valence-corrected chi connectivity index (χ1v) is 6.06. The molecule has 1 N–H and O–H groups in total. The Morgan fingerprint density at radius 3 is 2.70 bits per heavy atom. The van der Waals surface area contributed by atoms with Gasteiger partial charge in [0.05, 0.1) is 6.42 Å². The Balaban J connectivity index is 2.33. The highest BCUT2D eigenvalue weighted by atomic mass is 19.1. The quantitative estimate of drug-likeness (QED) is 0.933. The van der Waals surface area contributed by atoms with Crippen molar-refractivity contribution in [2.45, 2.75) is 13.3 Å². The largest absolute Gasteiger partial charge is 0.481 e. The Kier molecular flexibility index (Phi) is 3.74. The van der Waals surface area contributed by atoms with Crippen LogP contribution in [0.25, 0.3) is 11.0 Å². The van der Waals surface area contributed by atoms with Crippen LogP contribution in [0.3, 0.4) is 0 Å². The summed E-state index contributed by atoms with van der Waals surface area (Å²) in [5.41, 5.74) is 0.589. The summed E-state index contributed by atoms with van der Waals surface area (Å²) in [4.78, 5) is 23.9. The highest BCUT2D eigenvalue weighted by Gasteiger charge is 2.22. The minimum atomic E-state index is -0.989. The first kappa shape index (κ1) is 14.0. The summed E-state index contributed by atoms with van der Waals surface area (Å²) in [6, 6.07) is 4.47. The molecule has 0 fully saturated rings. The smallest absolute Gasteiger partial charge is 0.305 e. The molecule has 20 heavy (non-hydrogen) atoms. The monoisotopic (exact) mass is 279 g/mol. The van der Waals surface area contributed by atoms with Gasteiger partial charge in [0, 0.05) is 24.5 Å². The van der Waals surface area contributed by atoms with Crippen LogP contribution >= 0.6 is 0 Å². The zero-order chi connectivity index (χ0) is 14.9. The number of carboxylic acid groups (broad SMARTS) is 1. The van der Waals surface area contributed by atoms with Crippen molar-refractivity contribution in [1.82, 2.24) is 4.90 Å². The molecule has 0 saturated heterocycles. The molecule has 0 atom stereocenters. The molecule has 6 heteroatoms. The van der Waals surface area contributed by atoms with Crippen molar-refractivity contribution in [2.75, 3.05) is 13.6 Å². The fourth-order valence-electron chi connectivity index (χ4n) is 1.95. The molecule has 0 spiro atoms. The van der Waals surface area contributed by atoms with Gasteiger partial charge in [-0.1, -0.05) is 12.1 Å². The molecule has 1 heterocycles. The molecule has 0 radical (unpaired) electrons. The number of para-hydroxylation sites is 1. The fraction of sp³-hybridized carbons (Fsp3) is 0.286. The fourth-order valence-corrected chi connectivity index (χ4v) is 1.95. The molecule has 2 rings (SSSR count). The summed E-state index contributed by atoms with van der Waals surface area (Å²) in [6.45, 7) is 1.73. The van der Waals surface area contributed by atoms with E-state index in [-0.39, 0.29) is 24.3 Å². The Morgan fingerprint density at radius 2 is 2.10 bits per heavy atom. The summed E-state index contributed by atoms with van der Waals surface area (Å²) in [5, 5.41) is 9.15. The standard InChI is InChI=1S/C14H14FNO4/c1-8-9-4-3-5-10(15)13(9)20-12(8)14(19)16(2)7-6-11(17)18/h3-5H,6-7H2,1-2H3,(H,17,18). The van der Waals surface area contributed by atoms with Gasteiger partial charge in [0.1, 0.15) is 0 Å². The SMILES string of the molecule is Cc1c(C(=O)N(C)CCC(=O)O)oc2c(F)cccc12. The van der Waals surface area contributed by atoms with Crippen molar-refractivity contribution in [1.29, 1.82) is 0 Å². The Bertz CT molecular complexity index is 677. The molecule has 0 aliphatic heterocycles. The van der Waals surface area contributed by atoms with Crippen LogP contribution in [0, 0.1) is 12.7 Å². The van der Waals surface area contributed by atoms with Crippen LogP contribution in [0.2, 0.25) is 0 Å². The van der Waals surface area contributed by atoms with E-state index < -0.39 is 17.7 Å². The van der Waals surface area contributed by atoms with Crippen molar-refractivity contribution in [3.63, 3.8) is 0 Å². The number of furan rings is 1. The van der Waals surface area contributed by atoms with E-state index in [0.29, 0.717) is 10.9 Å². The van der Waals surface area contributed by atoms with Crippen LogP contribution in [-0.2, 0) is 4.79 Å². The van der Waals surface area contributed by atoms with Gasteiger partial charge in [0.25, 0.3) is 5.91 Å². The topological polar surface area (TPSA) is 70.8 Å². The molecule has 0 saturated carbocycles. The highest BCUT2D eigenvalue weighted by Crippen LogP contribution is 2.27. The Labute approximate surface area is 114 Å². The number of hydrogen-bond donors (Lipinski definition) is 1. The number of nitrogens with zero attached hydrogens (tertiary/aromatic N) is 1. The molecule has 2 aromatic rings. The molecule has 106 valence electrons. The van der Waals surface area contributed by atoms with Gasteiger partial charge in [0.15, 0.2) is 17.2 Å². The maximum Gasteiger partial charge on any atom is 0.305 e. The van der Waals surface area contributed by atoms with E-state index >= 15 is 0 Å². The van der Waals surface area contributed by atoms with Crippen molar-refractivity contribution in [3.05, 3.63) is 35.3 Å². The second-order valence-corrected chi connectivity index (χ2v) is 4.54. The van der Waals surface area contributed by atoms with Gasteiger partial charge in [-0.05, 0) is 13.0 Å². The number of aliphatic carboxylic acids is 1. The molecule has 0 bridgehead atoms. The molecule has 0 aliphatic carbocycles. The second-order valence-electron chi connectivity index (χ2n) is 4.54. The van der Waals surface area contributed by atoms with Crippen LogP contribution in [-0.4, -0.2) is 35.5 Å². The number of carbonyl (C=O) groups is 2. The van der Waals surface area contributed by atoms with Crippen LogP contribution in [0.4, 0.5) is 4.39 Å². The van der Waals surface area contributed by atoms with Crippen molar-refractivity contribution >= 4 is 22.8 Å². The zero-order valence-corrected chi connectivity index (χ0v) is 11.1. The molecule has 1 aromatic heterocycles. The van der Waals surface area contributed by atoms with Gasteiger partial charge >= 0.3 is 5.97 Å². The maximum atomic E-state index is 13.6. The summed E-state index contributed by atoms with van der Waals surface area (Å²) in [5.74, 6) is -1.94. The minimum absolute atomic E-state index is 0.0398. The molecular weight excluding hydrogens is 265 g/mol. The number of carbonyl (C=O) groups excluding carboxylic acids is 1. The third kappa shape index (κ3) is 2.49. The van der Waals surface area contributed by atoms with Gasteiger partial charge < -0.3 is 14.4 Å². The van der Waals surface area contributed by atoms with E-state index in [4.69, 9.17) is 9.52 Å². The number of fused-ring (bicyclic) bond motifs is 1. The molecule has 0 unspecified atom stereocenters. The number of hydrogen-bond acceptors (Lipinski definition) is 3. The normalized spacial score (nSPS) is 10.8. The number of benzene rings is 1. The lowest BCUT2D eigenvalue weighted by Crippen LogP contribution is -2.29. The lowest BCUT2D eigenvalue weighted by atomic mass is 10.1. The van der Waals surface area contributed by atoms with E-state index in [1.807, 2.05) is 0 Å². The summed E-state index contributed by atoms with van der Waals surface area (Å²) in [7, 11) is 1.48. The molecule has 1 aromatic carbocycles. The van der Waals surface area contributed by atoms with E-state index in [1.54, 1.807) is 19.1 Å². The molecule has 1 amide bonds. The molecule has 5 nitrogen and oxygen atoms in total. The Hall–Kier alpha value is -2.37. The minimum Gasteiger partial charge on any atom is -0.481 e. The summed E-state index contributed by atoms with van der Waals surface area (Å²) < 4.78 is 18.9. The average Bonchev–Trinajstić information content (AvgIpc) is 2.74. The van der Waals surface area contributed by atoms with Gasteiger partial charge in [0.2, 0.25) is 0 Å². The van der Waals surface area contributed by atoms with Crippen LogP contribution in [0.5, 0.6) is 0 Å². The average molecular weight is 279 g/mol. The molecule has 0 aliphatic rings. The maximum absolute atomic E-state index is 13.6. The highest BCUT2D eigenvalue weighted by molar-refractivity contribution is 5.99. The summed E-state index contributed by atoms with van der Waals surface area (Å²) in [6.07, 6.45) is -0.157. The third-order valence-corrected chi connectivity index (χ3v) is 3.12. The first-order chi connectivity index (χ1) is 9.41. The van der Waals surface area contributed by atoms with E-state index in [0.717, 1.165) is 0 Å². The predicted octanol–water partition coefficient (Wildman–Crippen LogP) is 2.43. The number of carboxylic acids is 1. The van der Waals surface area contributed by atoms with Gasteiger partial charge in [-0.25, -0.2) is 4.39 Å². The van der Waals surface area contributed by atoms with Crippen molar-refractivity contribution < 1.29 is 23.5 Å². The van der Waals surface area contributed by atoms with E-state index in [2.05, 4.69) is 0 Å². The van der Waals surface area contributed by atoms with E-state index in [9.17, 15) is 14.0 Å². The molecular formula is C14H14FNO4. The second kappa shape index (κ2) is 5.32. The van der Waals surface area contributed by atoms with Gasteiger partial charge in [-0.2, -0.15) is 0 Å².